The average molecular weight is 368 g/mol. The maximum atomic E-state index is 11.9. The SMILES string of the molecule is CC(=O)Oc1ccc(/C=C/C(=O)OCc2ccc(C)cc2)cc1OC(C)=O. The molecule has 27 heavy (non-hydrogen) atoms. The van der Waals surface area contributed by atoms with Gasteiger partial charge in [0, 0.05) is 19.9 Å². The Morgan fingerprint density at radius 2 is 1.52 bits per heavy atom. The largest absolute Gasteiger partial charge is 0.458 e. The predicted molar refractivity (Wildman–Crippen MR) is 99.1 cm³/mol. The number of aryl methyl sites for hydroxylation is 1. The second-order valence-electron chi connectivity index (χ2n) is 5.82. The maximum absolute atomic E-state index is 11.9. The molecule has 0 aliphatic heterocycles. The minimum absolute atomic E-state index is 0.0906. The molecule has 0 spiro atoms. The molecule has 0 atom stereocenters. The van der Waals surface area contributed by atoms with Crippen molar-refractivity contribution in [1.82, 2.24) is 0 Å². The van der Waals surface area contributed by atoms with E-state index in [0.29, 0.717) is 5.56 Å². The minimum Gasteiger partial charge on any atom is -0.458 e. The van der Waals surface area contributed by atoms with Crippen LogP contribution in [0.25, 0.3) is 6.08 Å². The summed E-state index contributed by atoms with van der Waals surface area (Å²) >= 11 is 0. The number of carbonyl (C=O) groups excluding carboxylic acids is 3. The van der Waals surface area contributed by atoms with Crippen molar-refractivity contribution in [3.8, 4) is 11.5 Å². The molecule has 0 amide bonds. The van der Waals surface area contributed by atoms with Crippen LogP contribution in [0.1, 0.15) is 30.5 Å². The summed E-state index contributed by atoms with van der Waals surface area (Å²) in [6, 6.07) is 12.3. The summed E-state index contributed by atoms with van der Waals surface area (Å²) in [5.74, 6) is -1.38. The molecular weight excluding hydrogens is 348 g/mol. The highest BCUT2D eigenvalue weighted by Crippen LogP contribution is 2.29. The molecule has 0 heterocycles. The molecule has 0 N–H and O–H groups in total. The van der Waals surface area contributed by atoms with Crippen LogP contribution in [0.3, 0.4) is 0 Å². The van der Waals surface area contributed by atoms with Crippen molar-refractivity contribution in [2.24, 2.45) is 0 Å². The highest BCUT2D eigenvalue weighted by atomic mass is 16.6. The molecular formula is C21H20O6. The van der Waals surface area contributed by atoms with Crippen molar-refractivity contribution < 1.29 is 28.6 Å². The summed E-state index contributed by atoms with van der Waals surface area (Å²) < 4.78 is 15.2. The molecule has 0 bridgehead atoms. The van der Waals surface area contributed by atoms with E-state index in [1.165, 1.54) is 38.1 Å². The normalized spacial score (nSPS) is 10.5. The van der Waals surface area contributed by atoms with Crippen LogP contribution >= 0.6 is 0 Å². The zero-order valence-electron chi connectivity index (χ0n) is 15.4. The van der Waals surface area contributed by atoms with Gasteiger partial charge in [-0.2, -0.15) is 0 Å². The third kappa shape index (κ3) is 6.78. The van der Waals surface area contributed by atoms with Crippen molar-refractivity contribution >= 4 is 24.0 Å². The number of esters is 3. The van der Waals surface area contributed by atoms with Gasteiger partial charge in [-0.3, -0.25) is 9.59 Å². The van der Waals surface area contributed by atoms with Gasteiger partial charge in [-0.15, -0.1) is 0 Å². The van der Waals surface area contributed by atoms with E-state index >= 15 is 0 Å². The topological polar surface area (TPSA) is 78.9 Å². The van der Waals surface area contributed by atoms with E-state index in [0.717, 1.165) is 11.1 Å². The van der Waals surface area contributed by atoms with Crippen molar-refractivity contribution in [1.29, 1.82) is 0 Å². The summed E-state index contributed by atoms with van der Waals surface area (Å²) in [4.78, 5) is 34.2. The van der Waals surface area contributed by atoms with Gasteiger partial charge in [0.1, 0.15) is 6.61 Å². The Hall–Kier alpha value is -3.41. The van der Waals surface area contributed by atoms with E-state index in [2.05, 4.69) is 0 Å². The van der Waals surface area contributed by atoms with Gasteiger partial charge in [-0.25, -0.2) is 4.79 Å². The fraction of sp³-hybridized carbons (Fsp3) is 0.190. The Kier molecular flexibility index (Phi) is 6.88. The lowest BCUT2D eigenvalue weighted by atomic mass is 10.2. The summed E-state index contributed by atoms with van der Waals surface area (Å²) in [5.41, 5.74) is 2.60. The first-order valence-electron chi connectivity index (χ1n) is 8.25. The molecule has 0 unspecified atom stereocenters. The van der Waals surface area contributed by atoms with Gasteiger partial charge < -0.3 is 14.2 Å². The molecule has 0 aliphatic rings. The Balaban J connectivity index is 2.03. The van der Waals surface area contributed by atoms with E-state index in [-0.39, 0.29) is 18.1 Å². The fourth-order valence-corrected chi connectivity index (χ4v) is 2.15. The molecule has 2 rings (SSSR count). The van der Waals surface area contributed by atoms with Gasteiger partial charge in [-0.05, 0) is 36.3 Å². The predicted octanol–water partition coefficient (Wildman–Crippen LogP) is 3.60. The number of benzene rings is 2. The molecule has 140 valence electrons. The first-order chi connectivity index (χ1) is 12.8. The Morgan fingerprint density at radius 3 is 2.15 bits per heavy atom. The van der Waals surface area contributed by atoms with Crippen LogP contribution in [0.5, 0.6) is 11.5 Å². The second kappa shape index (κ2) is 9.33. The minimum atomic E-state index is -0.554. The average Bonchev–Trinajstić information content (AvgIpc) is 2.60. The molecule has 0 saturated heterocycles. The van der Waals surface area contributed by atoms with Gasteiger partial charge >= 0.3 is 17.9 Å². The summed E-state index contributed by atoms with van der Waals surface area (Å²) in [6.45, 7) is 4.64. The smallest absolute Gasteiger partial charge is 0.331 e. The van der Waals surface area contributed by atoms with E-state index in [9.17, 15) is 14.4 Å². The monoisotopic (exact) mass is 368 g/mol. The molecule has 0 fully saturated rings. The zero-order valence-corrected chi connectivity index (χ0v) is 15.4. The molecule has 2 aromatic carbocycles. The third-order valence-corrected chi connectivity index (χ3v) is 3.39. The van der Waals surface area contributed by atoms with Crippen molar-refractivity contribution in [2.45, 2.75) is 27.4 Å². The van der Waals surface area contributed by atoms with Crippen molar-refractivity contribution in [3.05, 3.63) is 65.2 Å². The third-order valence-electron chi connectivity index (χ3n) is 3.39. The molecule has 0 radical (unpaired) electrons. The van der Waals surface area contributed by atoms with Crippen LogP contribution < -0.4 is 9.47 Å². The Morgan fingerprint density at radius 1 is 0.889 bits per heavy atom. The summed E-state index contributed by atoms with van der Waals surface area (Å²) in [5, 5.41) is 0. The molecule has 6 heteroatoms. The first kappa shape index (κ1) is 19.9. The van der Waals surface area contributed by atoms with Crippen LogP contribution in [0.4, 0.5) is 0 Å². The van der Waals surface area contributed by atoms with Gasteiger partial charge in [0.15, 0.2) is 11.5 Å². The van der Waals surface area contributed by atoms with Crippen LogP contribution in [0.15, 0.2) is 48.5 Å². The Labute approximate surface area is 157 Å². The molecule has 0 aromatic heterocycles. The second-order valence-corrected chi connectivity index (χ2v) is 5.82. The highest BCUT2D eigenvalue weighted by molar-refractivity contribution is 5.87. The van der Waals surface area contributed by atoms with Crippen LogP contribution in [0.2, 0.25) is 0 Å². The van der Waals surface area contributed by atoms with E-state index in [1.807, 2.05) is 31.2 Å². The van der Waals surface area contributed by atoms with E-state index < -0.39 is 17.9 Å². The molecule has 0 aliphatic carbocycles. The van der Waals surface area contributed by atoms with Crippen LogP contribution in [0, 0.1) is 6.92 Å². The number of carbonyl (C=O) groups is 3. The summed E-state index contributed by atoms with van der Waals surface area (Å²) in [7, 11) is 0. The summed E-state index contributed by atoms with van der Waals surface area (Å²) in [6.07, 6.45) is 2.79. The van der Waals surface area contributed by atoms with E-state index in [4.69, 9.17) is 14.2 Å². The van der Waals surface area contributed by atoms with Crippen molar-refractivity contribution in [2.75, 3.05) is 0 Å². The quantitative estimate of drug-likeness (QED) is 0.440. The standard InChI is InChI=1S/C21H20O6/c1-14-4-6-18(7-5-14)13-25-21(24)11-9-17-8-10-19(26-15(2)22)20(12-17)27-16(3)23/h4-12H,13H2,1-3H3/b11-9+. The van der Waals surface area contributed by atoms with Crippen molar-refractivity contribution in [3.63, 3.8) is 0 Å². The fourth-order valence-electron chi connectivity index (χ4n) is 2.15. The van der Waals surface area contributed by atoms with Gasteiger partial charge in [0.05, 0.1) is 0 Å². The van der Waals surface area contributed by atoms with Gasteiger partial charge in [0.2, 0.25) is 0 Å². The number of rotatable bonds is 6. The molecule has 6 nitrogen and oxygen atoms in total. The zero-order chi connectivity index (χ0) is 19.8. The number of hydrogen-bond acceptors (Lipinski definition) is 6. The lowest BCUT2D eigenvalue weighted by molar-refractivity contribution is -0.139. The highest BCUT2D eigenvalue weighted by Gasteiger charge is 2.10. The van der Waals surface area contributed by atoms with Crippen LogP contribution in [-0.4, -0.2) is 17.9 Å². The first-order valence-corrected chi connectivity index (χ1v) is 8.25. The Bertz CT molecular complexity index is 865. The lowest BCUT2D eigenvalue weighted by Crippen LogP contribution is -2.07. The lowest BCUT2D eigenvalue weighted by Gasteiger charge is -2.09. The van der Waals surface area contributed by atoms with Gasteiger partial charge in [0.25, 0.3) is 0 Å². The number of hydrogen-bond donors (Lipinski definition) is 0. The number of ether oxygens (including phenoxy) is 3. The van der Waals surface area contributed by atoms with E-state index in [1.54, 1.807) is 6.07 Å². The van der Waals surface area contributed by atoms with Crippen LogP contribution in [-0.2, 0) is 25.7 Å². The van der Waals surface area contributed by atoms with Gasteiger partial charge in [-0.1, -0.05) is 35.9 Å². The maximum Gasteiger partial charge on any atom is 0.331 e. The molecule has 2 aromatic rings. The molecule has 0 saturated carbocycles.